The fourth-order valence-corrected chi connectivity index (χ4v) is 3.07. The lowest BCUT2D eigenvalue weighted by Gasteiger charge is -2.20. The molecule has 0 aliphatic carbocycles. The molecule has 0 aliphatic rings. The van der Waals surface area contributed by atoms with E-state index in [0.29, 0.717) is 17.0 Å². The van der Waals surface area contributed by atoms with E-state index in [9.17, 15) is 8.78 Å². The highest BCUT2D eigenvalue weighted by molar-refractivity contribution is 7.99. The first-order chi connectivity index (χ1) is 9.47. The van der Waals surface area contributed by atoms with Crippen molar-refractivity contribution in [1.29, 1.82) is 0 Å². The van der Waals surface area contributed by atoms with E-state index in [4.69, 9.17) is 0 Å². The zero-order valence-electron chi connectivity index (χ0n) is 12.8. The highest BCUT2D eigenvalue weighted by atomic mass is 32.2. The lowest BCUT2D eigenvalue weighted by Crippen LogP contribution is -2.25. The van der Waals surface area contributed by atoms with E-state index in [0.717, 1.165) is 24.5 Å². The van der Waals surface area contributed by atoms with Gasteiger partial charge in [0.15, 0.2) is 11.6 Å². The van der Waals surface area contributed by atoms with E-state index < -0.39 is 11.6 Å². The Hall–Kier alpha value is -0.610. The van der Waals surface area contributed by atoms with Crippen LogP contribution in [0.15, 0.2) is 12.1 Å². The van der Waals surface area contributed by atoms with Crippen molar-refractivity contribution in [3.05, 3.63) is 34.9 Å². The summed E-state index contributed by atoms with van der Waals surface area (Å²) in [5.41, 5.74) is 0.799. The van der Waals surface area contributed by atoms with Crippen LogP contribution in [0, 0.1) is 24.5 Å². The Kier molecular flexibility index (Phi) is 7.52. The maximum atomic E-state index is 14.1. The number of rotatable bonds is 8. The van der Waals surface area contributed by atoms with E-state index in [1.807, 2.05) is 0 Å². The third-order valence-corrected chi connectivity index (χ3v) is 4.53. The Bertz CT molecular complexity index is 421. The summed E-state index contributed by atoms with van der Waals surface area (Å²) < 4.78 is 27.8. The maximum Gasteiger partial charge on any atom is 0.163 e. The molecule has 0 radical (unpaired) electrons. The molecule has 1 N–H and O–H groups in total. The predicted molar refractivity (Wildman–Crippen MR) is 84.3 cm³/mol. The Morgan fingerprint density at radius 3 is 2.45 bits per heavy atom. The zero-order chi connectivity index (χ0) is 15.1. The molecule has 20 heavy (non-hydrogen) atoms. The van der Waals surface area contributed by atoms with Gasteiger partial charge in [0.2, 0.25) is 0 Å². The van der Waals surface area contributed by atoms with Crippen LogP contribution >= 0.6 is 11.8 Å². The Labute approximate surface area is 125 Å². The van der Waals surface area contributed by atoms with E-state index in [1.54, 1.807) is 30.8 Å². The average Bonchev–Trinajstić information content (AvgIpc) is 2.40. The monoisotopic (exact) mass is 301 g/mol. The molecule has 1 aromatic rings. The fourth-order valence-electron chi connectivity index (χ4n) is 1.93. The molecular formula is C16H25F2NS. The molecule has 0 heterocycles. The van der Waals surface area contributed by atoms with Gasteiger partial charge in [-0.2, -0.15) is 11.8 Å². The van der Waals surface area contributed by atoms with Crippen molar-refractivity contribution >= 4 is 11.8 Å². The lowest BCUT2D eigenvalue weighted by molar-refractivity contribution is 0.471. The molecule has 0 amide bonds. The topological polar surface area (TPSA) is 12.0 Å². The van der Waals surface area contributed by atoms with E-state index in [-0.39, 0.29) is 6.04 Å². The number of thioether (sulfide) groups is 1. The van der Waals surface area contributed by atoms with Gasteiger partial charge in [0.05, 0.1) is 0 Å². The minimum absolute atomic E-state index is 0.131. The summed E-state index contributed by atoms with van der Waals surface area (Å²) in [5, 5.41) is 3.32. The van der Waals surface area contributed by atoms with E-state index >= 15 is 0 Å². The summed E-state index contributed by atoms with van der Waals surface area (Å²) in [6.07, 6.45) is 0.974. The summed E-state index contributed by atoms with van der Waals surface area (Å²) in [6.45, 7) is 8.78. The number of halogens is 2. The normalized spacial score (nSPS) is 12.9. The molecule has 4 heteroatoms. The molecule has 114 valence electrons. The minimum atomic E-state index is -0.723. The molecule has 1 aromatic carbocycles. The summed E-state index contributed by atoms with van der Waals surface area (Å²) in [7, 11) is 0. The second kappa shape index (κ2) is 8.63. The number of hydrogen-bond acceptors (Lipinski definition) is 2. The summed E-state index contributed by atoms with van der Waals surface area (Å²) in [6, 6.07) is 3.23. The van der Waals surface area contributed by atoms with E-state index in [2.05, 4.69) is 26.1 Å². The molecule has 0 saturated heterocycles. The lowest BCUT2D eigenvalue weighted by atomic mass is 10.0. The SMILES string of the molecule is CCCNC(CSCC(C)C)c1ccc(C)c(F)c1F. The Morgan fingerprint density at radius 2 is 1.85 bits per heavy atom. The van der Waals surface area contributed by atoms with Crippen LogP contribution in [0.3, 0.4) is 0 Å². The van der Waals surface area contributed by atoms with Crippen molar-refractivity contribution in [3.8, 4) is 0 Å². The molecule has 1 rings (SSSR count). The molecule has 0 fully saturated rings. The zero-order valence-corrected chi connectivity index (χ0v) is 13.6. The first-order valence-corrected chi connectivity index (χ1v) is 8.38. The smallest absolute Gasteiger partial charge is 0.163 e. The second-order valence-electron chi connectivity index (χ2n) is 5.54. The third-order valence-electron chi connectivity index (χ3n) is 3.06. The van der Waals surface area contributed by atoms with Gasteiger partial charge in [-0.05, 0) is 37.1 Å². The maximum absolute atomic E-state index is 14.1. The van der Waals surface area contributed by atoms with Gasteiger partial charge in [0, 0.05) is 17.4 Å². The number of hydrogen-bond donors (Lipinski definition) is 1. The molecule has 1 nitrogen and oxygen atoms in total. The van der Waals surface area contributed by atoms with Gasteiger partial charge in [-0.3, -0.25) is 0 Å². The summed E-state index contributed by atoms with van der Waals surface area (Å²) in [5.74, 6) is 0.965. The third kappa shape index (κ3) is 5.06. The molecule has 1 unspecified atom stereocenters. The highest BCUT2D eigenvalue weighted by Crippen LogP contribution is 2.25. The molecule has 0 spiro atoms. The number of benzene rings is 1. The number of nitrogens with one attached hydrogen (secondary N) is 1. The van der Waals surface area contributed by atoms with Crippen molar-refractivity contribution < 1.29 is 8.78 Å². The number of aryl methyl sites for hydroxylation is 1. The molecule has 0 aliphatic heterocycles. The first kappa shape index (κ1) is 17.4. The first-order valence-electron chi connectivity index (χ1n) is 7.23. The summed E-state index contributed by atoms with van der Waals surface area (Å²) >= 11 is 1.78. The van der Waals surface area contributed by atoms with Crippen LogP contribution in [0.25, 0.3) is 0 Å². The van der Waals surface area contributed by atoms with Gasteiger partial charge < -0.3 is 5.32 Å². The van der Waals surface area contributed by atoms with E-state index in [1.165, 1.54) is 0 Å². The van der Waals surface area contributed by atoms with Crippen molar-refractivity contribution in [1.82, 2.24) is 5.32 Å². The van der Waals surface area contributed by atoms with Crippen LogP contribution in [0.4, 0.5) is 8.78 Å². The minimum Gasteiger partial charge on any atom is -0.309 e. The summed E-state index contributed by atoms with van der Waals surface area (Å²) in [4.78, 5) is 0. The molecular weight excluding hydrogens is 276 g/mol. The van der Waals surface area contributed by atoms with Crippen LogP contribution in [0.2, 0.25) is 0 Å². The second-order valence-corrected chi connectivity index (χ2v) is 6.61. The van der Waals surface area contributed by atoms with Crippen molar-refractivity contribution in [2.24, 2.45) is 5.92 Å². The van der Waals surface area contributed by atoms with Crippen LogP contribution in [0.5, 0.6) is 0 Å². The Balaban J connectivity index is 2.84. The van der Waals surface area contributed by atoms with Crippen LogP contribution in [-0.2, 0) is 0 Å². The molecule has 1 atom stereocenters. The van der Waals surface area contributed by atoms with Gasteiger partial charge in [-0.1, -0.05) is 32.9 Å². The fraction of sp³-hybridized carbons (Fsp3) is 0.625. The molecule has 0 saturated carbocycles. The van der Waals surface area contributed by atoms with Crippen LogP contribution in [0.1, 0.15) is 44.4 Å². The van der Waals surface area contributed by atoms with Crippen LogP contribution in [-0.4, -0.2) is 18.1 Å². The molecule has 0 bridgehead atoms. The molecule has 0 aromatic heterocycles. The van der Waals surface area contributed by atoms with Crippen molar-refractivity contribution in [3.63, 3.8) is 0 Å². The average molecular weight is 301 g/mol. The predicted octanol–water partition coefficient (Wildman–Crippen LogP) is 4.70. The van der Waals surface area contributed by atoms with Gasteiger partial charge in [0.1, 0.15) is 0 Å². The van der Waals surface area contributed by atoms with Crippen LogP contribution < -0.4 is 5.32 Å². The van der Waals surface area contributed by atoms with Crippen molar-refractivity contribution in [2.75, 3.05) is 18.1 Å². The van der Waals surface area contributed by atoms with Gasteiger partial charge in [0.25, 0.3) is 0 Å². The standard InChI is InChI=1S/C16H25F2NS/c1-5-8-19-14(10-20-9-11(2)3)13-7-6-12(4)15(17)16(13)18/h6-7,11,14,19H,5,8-10H2,1-4H3. The van der Waals surface area contributed by atoms with Gasteiger partial charge in [-0.25, -0.2) is 8.78 Å². The Morgan fingerprint density at radius 1 is 1.15 bits per heavy atom. The van der Waals surface area contributed by atoms with Gasteiger partial charge >= 0.3 is 0 Å². The van der Waals surface area contributed by atoms with Gasteiger partial charge in [-0.15, -0.1) is 0 Å². The quantitative estimate of drug-likeness (QED) is 0.746. The highest BCUT2D eigenvalue weighted by Gasteiger charge is 2.19. The largest absolute Gasteiger partial charge is 0.309 e. The van der Waals surface area contributed by atoms with Crippen molar-refractivity contribution in [2.45, 2.75) is 40.2 Å².